The molecule has 21 heavy (non-hydrogen) atoms. The molecule has 0 atom stereocenters. The lowest BCUT2D eigenvalue weighted by molar-refractivity contribution is 0.411. The molecule has 5 nitrogen and oxygen atoms in total. The predicted molar refractivity (Wildman–Crippen MR) is 82.3 cm³/mol. The molecule has 0 aliphatic carbocycles. The van der Waals surface area contributed by atoms with Gasteiger partial charge in [-0.1, -0.05) is 0 Å². The second kappa shape index (κ2) is 5.73. The highest BCUT2D eigenvalue weighted by Crippen LogP contribution is 2.27. The molecule has 0 aliphatic rings. The van der Waals surface area contributed by atoms with Crippen molar-refractivity contribution in [2.45, 2.75) is 25.7 Å². The minimum atomic E-state index is -3.64. The van der Waals surface area contributed by atoms with Gasteiger partial charge in [0.2, 0.25) is 0 Å². The van der Waals surface area contributed by atoms with Gasteiger partial charge in [-0.3, -0.25) is 9.71 Å². The summed E-state index contributed by atoms with van der Waals surface area (Å²) in [6, 6.07) is 6.64. The van der Waals surface area contributed by atoms with Crippen LogP contribution in [0.2, 0.25) is 0 Å². The third-order valence-corrected chi connectivity index (χ3v) is 4.65. The van der Waals surface area contributed by atoms with Gasteiger partial charge in [0.1, 0.15) is 5.75 Å². The Morgan fingerprint density at radius 1 is 1.10 bits per heavy atom. The first kappa shape index (κ1) is 15.3. The molecule has 1 heterocycles. The van der Waals surface area contributed by atoms with Gasteiger partial charge < -0.3 is 4.74 Å². The maximum Gasteiger partial charge on any atom is 0.262 e. The lowest BCUT2D eigenvalue weighted by Gasteiger charge is -2.13. The van der Waals surface area contributed by atoms with Crippen LogP contribution in [0, 0.1) is 20.8 Å². The molecule has 1 N–H and O–H groups in total. The van der Waals surface area contributed by atoms with Gasteiger partial charge in [-0.15, -0.1) is 0 Å². The summed E-state index contributed by atoms with van der Waals surface area (Å²) >= 11 is 0. The maximum atomic E-state index is 12.5. The van der Waals surface area contributed by atoms with E-state index in [1.165, 1.54) is 0 Å². The predicted octanol–water partition coefficient (Wildman–Crippen LogP) is 2.82. The van der Waals surface area contributed by atoms with Crippen LogP contribution >= 0.6 is 0 Å². The highest BCUT2D eigenvalue weighted by atomic mass is 32.2. The molecular formula is C15H18N2O3S. The topological polar surface area (TPSA) is 68.3 Å². The van der Waals surface area contributed by atoms with Gasteiger partial charge in [0, 0.05) is 11.9 Å². The second-order valence-corrected chi connectivity index (χ2v) is 6.53. The van der Waals surface area contributed by atoms with Crippen molar-refractivity contribution in [3.63, 3.8) is 0 Å². The van der Waals surface area contributed by atoms with E-state index in [0.717, 1.165) is 11.3 Å². The minimum Gasteiger partial charge on any atom is -0.496 e. The van der Waals surface area contributed by atoms with E-state index >= 15 is 0 Å². The Morgan fingerprint density at radius 3 is 2.43 bits per heavy atom. The van der Waals surface area contributed by atoms with Crippen LogP contribution in [0.25, 0.3) is 0 Å². The van der Waals surface area contributed by atoms with Crippen LogP contribution in [0.3, 0.4) is 0 Å². The summed E-state index contributed by atoms with van der Waals surface area (Å²) in [6.45, 7) is 5.36. The molecule has 0 bridgehead atoms. The number of anilines is 1. The van der Waals surface area contributed by atoms with Crippen molar-refractivity contribution < 1.29 is 13.2 Å². The highest BCUT2D eigenvalue weighted by molar-refractivity contribution is 7.92. The number of nitrogens with one attached hydrogen (secondary N) is 1. The molecule has 2 aromatic rings. The standard InChI is InChI=1S/C15H18N2O3S/c1-10-8-15(11(2)7-14(10)20-4)21(18,19)17-13-5-6-16-12(3)9-13/h5-9H,1-4H3,(H,16,17). The first-order chi connectivity index (χ1) is 9.83. The molecule has 1 aromatic heterocycles. The van der Waals surface area contributed by atoms with E-state index in [1.807, 2.05) is 6.92 Å². The van der Waals surface area contributed by atoms with E-state index in [2.05, 4.69) is 9.71 Å². The molecule has 112 valence electrons. The Bertz CT molecular complexity index is 770. The number of aromatic nitrogens is 1. The number of rotatable bonds is 4. The highest BCUT2D eigenvalue weighted by Gasteiger charge is 2.19. The van der Waals surface area contributed by atoms with Crippen molar-refractivity contribution >= 4 is 15.7 Å². The van der Waals surface area contributed by atoms with Crippen molar-refractivity contribution in [2.24, 2.45) is 0 Å². The zero-order valence-electron chi connectivity index (χ0n) is 12.5. The summed E-state index contributed by atoms with van der Waals surface area (Å²) in [5, 5.41) is 0. The lowest BCUT2D eigenvalue weighted by Crippen LogP contribution is -2.15. The van der Waals surface area contributed by atoms with Crippen LogP contribution in [0.5, 0.6) is 5.75 Å². The summed E-state index contributed by atoms with van der Waals surface area (Å²) in [5.74, 6) is 0.672. The Kier molecular flexibility index (Phi) is 4.18. The molecule has 0 fully saturated rings. The number of nitrogens with zero attached hydrogens (tertiary/aromatic N) is 1. The molecule has 0 amide bonds. The van der Waals surface area contributed by atoms with E-state index in [4.69, 9.17) is 4.74 Å². The molecule has 2 rings (SSSR count). The quantitative estimate of drug-likeness (QED) is 0.943. The van der Waals surface area contributed by atoms with Gasteiger partial charge in [0.25, 0.3) is 10.0 Å². The fourth-order valence-electron chi connectivity index (χ4n) is 2.09. The summed E-state index contributed by atoms with van der Waals surface area (Å²) in [5.41, 5.74) is 2.65. The molecule has 6 heteroatoms. The van der Waals surface area contributed by atoms with Gasteiger partial charge in [0.05, 0.1) is 17.7 Å². The molecule has 0 aliphatic heterocycles. The number of sulfonamides is 1. The largest absolute Gasteiger partial charge is 0.496 e. The van der Waals surface area contributed by atoms with Gasteiger partial charge >= 0.3 is 0 Å². The van der Waals surface area contributed by atoms with Crippen molar-refractivity contribution in [3.8, 4) is 5.75 Å². The van der Waals surface area contributed by atoms with Crippen LogP contribution in [0.1, 0.15) is 16.8 Å². The number of ether oxygens (including phenoxy) is 1. The van der Waals surface area contributed by atoms with Crippen LogP contribution < -0.4 is 9.46 Å². The van der Waals surface area contributed by atoms with Crippen LogP contribution in [-0.2, 0) is 10.0 Å². The van der Waals surface area contributed by atoms with Gasteiger partial charge in [-0.2, -0.15) is 0 Å². The molecule has 0 saturated heterocycles. The first-order valence-corrected chi connectivity index (χ1v) is 7.92. The SMILES string of the molecule is COc1cc(C)c(S(=O)(=O)Nc2ccnc(C)c2)cc1C. The average Bonchev–Trinajstić information content (AvgIpc) is 2.40. The summed E-state index contributed by atoms with van der Waals surface area (Å²) in [7, 11) is -2.08. The number of hydrogen-bond donors (Lipinski definition) is 1. The Morgan fingerprint density at radius 2 is 1.81 bits per heavy atom. The normalized spacial score (nSPS) is 11.2. The summed E-state index contributed by atoms with van der Waals surface area (Å²) in [6.07, 6.45) is 1.57. The second-order valence-electron chi connectivity index (χ2n) is 4.88. The number of hydrogen-bond acceptors (Lipinski definition) is 4. The fraction of sp³-hybridized carbons (Fsp3) is 0.267. The first-order valence-electron chi connectivity index (χ1n) is 6.44. The molecule has 0 saturated carbocycles. The Hall–Kier alpha value is -2.08. The lowest BCUT2D eigenvalue weighted by atomic mass is 10.1. The fourth-order valence-corrected chi connectivity index (χ4v) is 3.45. The molecule has 0 unspecified atom stereocenters. The van der Waals surface area contributed by atoms with Crippen LogP contribution in [-0.4, -0.2) is 20.5 Å². The zero-order valence-corrected chi connectivity index (χ0v) is 13.3. The van der Waals surface area contributed by atoms with E-state index < -0.39 is 10.0 Å². The van der Waals surface area contributed by atoms with Crippen molar-refractivity contribution in [3.05, 3.63) is 47.3 Å². The number of benzene rings is 1. The van der Waals surface area contributed by atoms with Gasteiger partial charge in [0.15, 0.2) is 0 Å². The van der Waals surface area contributed by atoms with Gasteiger partial charge in [-0.25, -0.2) is 8.42 Å². The summed E-state index contributed by atoms with van der Waals surface area (Å²) < 4.78 is 32.8. The number of aryl methyl sites for hydroxylation is 3. The average molecular weight is 306 g/mol. The zero-order chi connectivity index (χ0) is 15.6. The third kappa shape index (κ3) is 3.33. The van der Waals surface area contributed by atoms with E-state index in [-0.39, 0.29) is 4.90 Å². The minimum absolute atomic E-state index is 0.246. The monoisotopic (exact) mass is 306 g/mol. The molecule has 1 aromatic carbocycles. The number of pyridine rings is 1. The van der Waals surface area contributed by atoms with Gasteiger partial charge in [-0.05, 0) is 56.2 Å². The van der Waals surface area contributed by atoms with Crippen LogP contribution in [0.4, 0.5) is 5.69 Å². The smallest absolute Gasteiger partial charge is 0.262 e. The van der Waals surface area contributed by atoms with Crippen molar-refractivity contribution in [2.75, 3.05) is 11.8 Å². The van der Waals surface area contributed by atoms with Crippen molar-refractivity contribution in [1.82, 2.24) is 4.98 Å². The molecule has 0 radical (unpaired) electrons. The maximum absolute atomic E-state index is 12.5. The van der Waals surface area contributed by atoms with E-state index in [0.29, 0.717) is 17.0 Å². The third-order valence-electron chi connectivity index (χ3n) is 3.13. The van der Waals surface area contributed by atoms with E-state index in [9.17, 15) is 8.42 Å². The Labute approximate surface area is 125 Å². The number of methoxy groups -OCH3 is 1. The molecular weight excluding hydrogens is 288 g/mol. The van der Waals surface area contributed by atoms with Crippen molar-refractivity contribution in [1.29, 1.82) is 0 Å². The van der Waals surface area contributed by atoms with E-state index in [1.54, 1.807) is 51.4 Å². The summed E-state index contributed by atoms with van der Waals surface area (Å²) in [4.78, 5) is 4.29. The molecule has 0 spiro atoms. The van der Waals surface area contributed by atoms with Crippen LogP contribution in [0.15, 0.2) is 35.4 Å². The Balaban J connectivity index is 2.42.